The minimum atomic E-state index is 0.207. The Morgan fingerprint density at radius 1 is 1.40 bits per heavy atom. The number of hydrogen-bond acceptors (Lipinski definition) is 5. The second-order valence-electron chi connectivity index (χ2n) is 4.73. The Labute approximate surface area is 124 Å². The molecule has 20 heavy (non-hydrogen) atoms. The van der Waals surface area contributed by atoms with Gasteiger partial charge in [0.05, 0.1) is 17.8 Å². The average Bonchev–Trinajstić information content (AvgIpc) is 2.88. The number of aryl methyl sites for hydroxylation is 1. The topological polar surface area (TPSA) is 47.0 Å². The van der Waals surface area contributed by atoms with E-state index in [4.69, 9.17) is 4.74 Å². The maximum absolute atomic E-state index is 5.64. The second kappa shape index (κ2) is 7.36. The maximum atomic E-state index is 5.64. The number of likely N-dealkylation sites (N-methyl/N-ethyl adjacent to an activating group) is 1. The van der Waals surface area contributed by atoms with Crippen LogP contribution in [0.25, 0.3) is 0 Å². The zero-order chi connectivity index (χ0) is 14.4. The molecule has 1 N–H and O–H groups in total. The molecule has 0 spiro atoms. The molecule has 0 aliphatic carbocycles. The van der Waals surface area contributed by atoms with Gasteiger partial charge in [0.1, 0.15) is 5.75 Å². The van der Waals surface area contributed by atoms with E-state index in [9.17, 15) is 0 Å². The first kappa shape index (κ1) is 14.9. The van der Waals surface area contributed by atoms with Crippen molar-refractivity contribution in [1.29, 1.82) is 0 Å². The number of nitrogens with one attached hydrogen (secondary N) is 1. The highest BCUT2D eigenvalue weighted by atomic mass is 32.1. The van der Waals surface area contributed by atoms with Crippen molar-refractivity contribution in [3.63, 3.8) is 0 Å². The summed E-state index contributed by atoms with van der Waals surface area (Å²) in [6.07, 6.45) is 5.52. The van der Waals surface area contributed by atoms with Crippen molar-refractivity contribution in [2.75, 3.05) is 13.7 Å². The quantitative estimate of drug-likeness (QED) is 0.851. The molecule has 0 aliphatic rings. The highest BCUT2D eigenvalue weighted by Gasteiger charge is 2.13. The van der Waals surface area contributed by atoms with Crippen molar-refractivity contribution < 1.29 is 4.74 Å². The van der Waals surface area contributed by atoms with Gasteiger partial charge < -0.3 is 10.1 Å². The Hall–Kier alpha value is -1.46. The predicted molar refractivity (Wildman–Crippen MR) is 82.4 cm³/mol. The van der Waals surface area contributed by atoms with Gasteiger partial charge >= 0.3 is 0 Å². The van der Waals surface area contributed by atoms with E-state index in [1.807, 2.05) is 20.2 Å². The number of nitrogens with zero attached hydrogens (tertiary/aromatic N) is 2. The van der Waals surface area contributed by atoms with E-state index in [1.165, 1.54) is 0 Å². The van der Waals surface area contributed by atoms with Crippen LogP contribution in [0.1, 0.15) is 35.7 Å². The Kier molecular flexibility index (Phi) is 5.49. The SMILES string of the molecule is CCCOc1cncc(C(Cc2nc(C)cs2)NC)c1. The van der Waals surface area contributed by atoms with Crippen molar-refractivity contribution in [2.45, 2.75) is 32.7 Å². The van der Waals surface area contributed by atoms with Crippen LogP contribution in [0.4, 0.5) is 0 Å². The molecule has 4 nitrogen and oxygen atoms in total. The molecule has 5 heteroatoms. The van der Waals surface area contributed by atoms with Crippen molar-refractivity contribution in [1.82, 2.24) is 15.3 Å². The van der Waals surface area contributed by atoms with Crippen LogP contribution in [0.2, 0.25) is 0 Å². The monoisotopic (exact) mass is 291 g/mol. The van der Waals surface area contributed by atoms with E-state index in [0.717, 1.165) is 41.5 Å². The van der Waals surface area contributed by atoms with Gasteiger partial charge in [-0.3, -0.25) is 4.98 Å². The standard InChI is InChI=1S/C15H21N3OS/c1-4-5-19-13-6-12(8-17-9-13)14(16-3)7-15-18-11(2)10-20-15/h6,8-10,14,16H,4-5,7H2,1-3H3. The van der Waals surface area contributed by atoms with E-state index < -0.39 is 0 Å². The molecule has 2 heterocycles. The molecule has 2 rings (SSSR count). The molecular formula is C15H21N3OS. The molecule has 0 fully saturated rings. The van der Waals surface area contributed by atoms with Crippen molar-refractivity contribution >= 4 is 11.3 Å². The minimum Gasteiger partial charge on any atom is -0.492 e. The summed E-state index contributed by atoms with van der Waals surface area (Å²) in [5.74, 6) is 0.833. The molecule has 2 aromatic heterocycles. The van der Waals surface area contributed by atoms with Crippen LogP contribution in [0.15, 0.2) is 23.8 Å². The second-order valence-corrected chi connectivity index (χ2v) is 5.67. The molecule has 2 aromatic rings. The molecule has 0 saturated heterocycles. The van der Waals surface area contributed by atoms with Crippen molar-refractivity contribution in [2.24, 2.45) is 0 Å². The first-order chi connectivity index (χ1) is 9.72. The largest absolute Gasteiger partial charge is 0.492 e. The minimum absolute atomic E-state index is 0.207. The van der Waals surface area contributed by atoms with Crippen LogP contribution in [-0.4, -0.2) is 23.6 Å². The summed E-state index contributed by atoms with van der Waals surface area (Å²) in [7, 11) is 1.96. The normalized spacial score (nSPS) is 12.3. The third kappa shape index (κ3) is 4.02. The molecular weight excluding hydrogens is 270 g/mol. The Balaban J connectivity index is 2.10. The van der Waals surface area contributed by atoms with E-state index in [0.29, 0.717) is 0 Å². The third-order valence-electron chi connectivity index (χ3n) is 3.00. The average molecular weight is 291 g/mol. The lowest BCUT2D eigenvalue weighted by molar-refractivity contribution is 0.315. The highest BCUT2D eigenvalue weighted by molar-refractivity contribution is 7.09. The number of hydrogen-bond donors (Lipinski definition) is 1. The first-order valence-electron chi connectivity index (χ1n) is 6.89. The smallest absolute Gasteiger partial charge is 0.137 e. The predicted octanol–water partition coefficient (Wildman–Crippen LogP) is 3.14. The van der Waals surface area contributed by atoms with Crippen LogP contribution in [0.3, 0.4) is 0 Å². The van der Waals surface area contributed by atoms with Crippen LogP contribution < -0.4 is 10.1 Å². The lowest BCUT2D eigenvalue weighted by Gasteiger charge is -2.16. The van der Waals surface area contributed by atoms with Crippen LogP contribution in [0.5, 0.6) is 5.75 Å². The van der Waals surface area contributed by atoms with Crippen LogP contribution >= 0.6 is 11.3 Å². The van der Waals surface area contributed by atoms with Gasteiger partial charge in [-0.15, -0.1) is 11.3 Å². The molecule has 0 aliphatic heterocycles. The number of rotatable bonds is 7. The summed E-state index contributed by atoms with van der Waals surface area (Å²) in [4.78, 5) is 8.79. The van der Waals surface area contributed by atoms with E-state index in [2.05, 4.69) is 33.7 Å². The van der Waals surface area contributed by atoms with Gasteiger partial charge in [0.15, 0.2) is 0 Å². The molecule has 0 saturated carbocycles. The summed E-state index contributed by atoms with van der Waals surface area (Å²) >= 11 is 1.70. The third-order valence-corrected chi connectivity index (χ3v) is 3.99. The number of thiazole rings is 1. The molecule has 1 unspecified atom stereocenters. The first-order valence-corrected chi connectivity index (χ1v) is 7.77. The van der Waals surface area contributed by atoms with Gasteiger partial charge in [-0.2, -0.15) is 0 Å². The lowest BCUT2D eigenvalue weighted by atomic mass is 10.1. The Morgan fingerprint density at radius 2 is 2.25 bits per heavy atom. The highest BCUT2D eigenvalue weighted by Crippen LogP contribution is 2.22. The summed E-state index contributed by atoms with van der Waals surface area (Å²) < 4.78 is 5.64. The fraction of sp³-hybridized carbons (Fsp3) is 0.467. The van der Waals surface area contributed by atoms with Gasteiger partial charge in [-0.1, -0.05) is 6.92 Å². The molecule has 0 radical (unpaired) electrons. The Bertz CT molecular complexity index is 541. The molecule has 0 aromatic carbocycles. The number of ether oxygens (including phenoxy) is 1. The molecule has 0 amide bonds. The maximum Gasteiger partial charge on any atom is 0.137 e. The van der Waals surface area contributed by atoms with E-state index in [-0.39, 0.29) is 6.04 Å². The zero-order valence-corrected chi connectivity index (χ0v) is 13.0. The molecule has 0 bridgehead atoms. The van der Waals surface area contributed by atoms with Gasteiger partial charge in [-0.05, 0) is 32.0 Å². The van der Waals surface area contributed by atoms with Crippen molar-refractivity contribution in [3.05, 3.63) is 40.1 Å². The van der Waals surface area contributed by atoms with Gasteiger partial charge in [0.25, 0.3) is 0 Å². The fourth-order valence-electron chi connectivity index (χ4n) is 1.98. The van der Waals surface area contributed by atoms with E-state index in [1.54, 1.807) is 17.5 Å². The fourth-order valence-corrected chi connectivity index (χ4v) is 2.80. The van der Waals surface area contributed by atoms with Gasteiger partial charge in [-0.25, -0.2) is 4.98 Å². The van der Waals surface area contributed by atoms with Gasteiger partial charge in [0.2, 0.25) is 0 Å². The summed E-state index contributed by atoms with van der Waals surface area (Å²) in [5.41, 5.74) is 2.21. The summed E-state index contributed by atoms with van der Waals surface area (Å²) in [5, 5.41) is 6.56. The number of pyridine rings is 1. The van der Waals surface area contributed by atoms with Crippen molar-refractivity contribution in [3.8, 4) is 5.75 Å². The zero-order valence-electron chi connectivity index (χ0n) is 12.2. The van der Waals surface area contributed by atoms with Crippen LogP contribution in [-0.2, 0) is 6.42 Å². The van der Waals surface area contributed by atoms with E-state index >= 15 is 0 Å². The molecule has 108 valence electrons. The number of aromatic nitrogens is 2. The summed E-state index contributed by atoms with van der Waals surface area (Å²) in [6.45, 7) is 4.84. The molecule has 1 atom stereocenters. The lowest BCUT2D eigenvalue weighted by Crippen LogP contribution is -2.19. The van der Waals surface area contributed by atoms with Crippen LogP contribution in [0, 0.1) is 6.92 Å². The summed E-state index contributed by atoms with van der Waals surface area (Å²) in [6, 6.07) is 2.27. The van der Waals surface area contributed by atoms with Gasteiger partial charge in [0, 0.05) is 29.7 Å². The Morgan fingerprint density at radius 3 is 2.90 bits per heavy atom.